The molecule has 5 nitrogen and oxygen atoms in total. The van der Waals surface area contributed by atoms with Gasteiger partial charge in [0.15, 0.2) is 0 Å². The summed E-state index contributed by atoms with van der Waals surface area (Å²) in [7, 11) is 0. The van der Waals surface area contributed by atoms with Crippen molar-refractivity contribution in [3.05, 3.63) is 27.6 Å². The molecule has 0 amide bonds. The van der Waals surface area contributed by atoms with E-state index in [4.69, 9.17) is 9.84 Å². The summed E-state index contributed by atoms with van der Waals surface area (Å²) >= 11 is 1.42. The fraction of sp³-hybridized carbons (Fsp3) is 0.455. The Bertz CT molecular complexity index is 561. The van der Waals surface area contributed by atoms with Crippen LogP contribution < -0.4 is 5.56 Å². The first-order valence-electron chi connectivity index (χ1n) is 5.36. The van der Waals surface area contributed by atoms with E-state index in [-0.39, 0.29) is 12.2 Å². The van der Waals surface area contributed by atoms with Gasteiger partial charge in [-0.1, -0.05) is 0 Å². The normalized spacial score (nSPS) is 11.2. The van der Waals surface area contributed by atoms with Crippen LogP contribution >= 0.6 is 11.3 Å². The van der Waals surface area contributed by atoms with Crippen LogP contribution in [0.2, 0.25) is 0 Å². The third-order valence-electron chi connectivity index (χ3n) is 2.44. The van der Waals surface area contributed by atoms with E-state index in [1.165, 1.54) is 15.9 Å². The number of aromatic nitrogens is 2. The van der Waals surface area contributed by atoms with E-state index in [9.17, 15) is 4.79 Å². The van der Waals surface area contributed by atoms with Crippen LogP contribution in [0.5, 0.6) is 0 Å². The lowest BCUT2D eigenvalue weighted by Gasteiger charge is -2.05. The molecule has 2 aromatic heterocycles. The van der Waals surface area contributed by atoms with Crippen LogP contribution in [0.1, 0.15) is 5.56 Å². The zero-order chi connectivity index (χ0) is 12.3. The smallest absolute Gasteiger partial charge is 0.271 e. The van der Waals surface area contributed by atoms with Crippen LogP contribution in [0.15, 0.2) is 16.5 Å². The predicted octanol–water partition coefficient (Wildman–Crippen LogP) is 0.775. The van der Waals surface area contributed by atoms with E-state index >= 15 is 0 Å². The monoisotopic (exact) mass is 254 g/mol. The summed E-state index contributed by atoms with van der Waals surface area (Å²) in [6, 6.07) is 0. The zero-order valence-electron chi connectivity index (χ0n) is 9.55. The van der Waals surface area contributed by atoms with Gasteiger partial charge in [0.25, 0.3) is 5.56 Å². The average Bonchev–Trinajstić information content (AvgIpc) is 2.70. The van der Waals surface area contributed by atoms with Crippen molar-refractivity contribution in [1.29, 1.82) is 0 Å². The Morgan fingerprint density at radius 1 is 1.53 bits per heavy atom. The first-order chi connectivity index (χ1) is 8.24. The van der Waals surface area contributed by atoms with Crippen molar-refractivity contribution in [3.8, 4) is 0 Å². The number of fused-ring (bicyclic) bond motifs is 1. The fourth-order valence-corrected chi connectivity index (χ4v) is 2.50. The summed E-state index contributed by atoms with van der Waals surface area (Å²) in [6.45, 7) is 3.09. The van der Waals surface area contributed by atoms with E-state index in [0.29, 0.717) is 24.5 Å². The fourth-order valence-electron chi connectivity index (χ4n) is 1.55. The van der Waals surface area contributed by atoms with Crippen molar-refractivity contribution >= 4 is 21.6 Å². The Kier molecular flexibility index (Phi) is 3.88. The molecule has 0 aromatic carbocycles. The number of nitrogens with zero attached hydrogens (tertiary/aromatic N) is 2. The lowest BCUT2D eigenvalue weighted by molar-refractivity contribution is 0.0865. The van der Waals surface area contributed by atoms with E-state index in [2.05, 4.69) is 4.98 Å². The maximum absolute atomic E-state index is 12.0. The van der Waals surface area contributed by atoms with Crippen molar-refractivity contribution in [1.82, 2.24) is 9.55 Å². The molecule has 0 unspecified atom stereocenters. The summed E-state index contributed by atoms with van der Waals surface area (Å²) < 4.78 is 7.35. The van der Waals surface area contributed by atoms with Gasteiger partial charge in [-0.05, 0) is 17.9 Å². The maximum Gasteiger partial charge on any atom is 0.271 e. The lowest BCUT2D eigenvalue weighted by Crippen LogP contribution is -2.22. The van der Waals surface area contributed by atoms with Crippen molar-refractivity contribution in [3.63, 3.8) is 0 Å². The molecular weight excluding hydrogens is 240 g/mol. The SMILES string of the molecule is Cc1csc2c(=O)n(CCOCCO)cnc12. The predicted molar refractivity (Wildman–Crippen MR) is 66.5 cm³/mol. The molecule has 0 fully saturated rings. The first-order valence-corrected chi connectivity index (χ1v) is 6.24. The molecule has 2 rings (SSSR count). The standard InChI is InChI=1S/C11H14N2O3S/c1-8-6-17-10-9(8)12-7-13(11(10)15)2-4-16-5-3-14/h6-7,14H,2-5H2,1H3. The van der Waals surface area contributed by atoms with Gasteiger partial charge in [0, 0.05) is 0 Å². The van der Waals surface area contributed by atoms with Crippen LogP contribution in [0.4, 0.5) is 0 Å². The van der Waals surface area contributed by atoms with Gasteiger partial charge in [-0.15, -0.1) is 11.3 Å². The lowest BCUT2D eigenvalue weighted by atomic mass is 10.3. The Hall–Kier alpha value is -1.24. The summed E-state index contributed by atoms with van der Waals surface area (Å²) in [5.41, 5.74) is 1.79. The van der Waals surface area contributed by atoms with E-state index in [1.807, 2.05) is 12.3 Å². The molecule has 0 bridgehead atoms. The molecule has 0 aliphatic heterocycles. The van der Waals surface area contributed by atoms with Crippen LogP contribution in [-0.2, 0) is 11.3 Å². The van der Waals surface area contributed by atoms with Gasteiger partial charge in [-0.25, -0.2) is 4.98 Å². The van der Waals surface area contributed by atoms with Gasteiger partial charge in [0.05, 0.1) is 38.2 Å². The third kappa shape index (κ3) is 2.54. The number of aryl methyl sites for hydroxylation is 1. The molecule has 0 atom stereocenters. The number of thiophene rings is 1. The molecule has 2 aromatic rings. The largest absolute Gasteiger partial charge is 0.394 e. The van der Waals surface area contributed by atoms with Crippen molar-refractivity contribution < 1.29 is 9.84 Å². The maximum atomic E-state index is 12.0. The molecule has 0 saturated carbocycles. The number of rotatable bonds is 5. The minimum Gasteiger partial charge on any atom is -0.394 e. The van der Waals surface area contributed by atoms with E-state index in [0.717, 1.165) is 11.1 Å². The molecule has 0 aliphatic rings. The number of ether oxygens (including phenoxy) is 1. The summed E-state index contributed by atoms with van der Waals surface area (Å²) in [5, 5.41) is 10.5. The average molecular weight is 254 g/mol. The van der Waals surface area contributed by atoms with Crippen LogP contribution in [0, 0.1) is 6.92 Å². The number of aliphatic hydroxyl groups is 1. The second kappa shape index (κ2) is 5.39. The third-order valence-corrected chi connectivity index (χ3v) is 3.51. The molecular formula is C11H14N2O3S. The van der Waals surface area contributed by atoms with Crippen molar-refractivity contribution in [2.45, 2.75) is 13.5 Å². The van der Waals surface area contributed by atoms with E-state index in [1.54, 1.807) is 6.33 Å². The van der Waals surface area contributed by atoms with Gasteiger partial charge < -0.3 is 9.84 Å². The van der Waals surface area contributed by atoms with Crippen LogP contribution in [0.25, 0.3) is 10.2 Å². The van der Waals surface area contributed by atoms with Crippen LogP contribution in [0.3, 0.4) is 0 Å². The second-order valence-electron chi connectivity index (χ2n) is 3.68. The summed E-state index contributed by atoms with van der Waals surface area (Å²) in [5.74, 6) is 0. The minimum atomic E-state index is -0.0271. The second-order valence-corrected chi connectivity index (χ2v) is 4.56. The molecule has 1 N–H and O–H groups in total. The first kappa shape index (κ1) is 12.2. The summed E-state index contributed by atoms with van der Waals surface area (Å²) in [6.07, 6.45) is 1.55. The number of hydrogen-bond donors (Lipinski definition) is 1. The Morgan fingerprint density at radius 2 is 2.35 bits per heavy atom. The van der Waals surface area contributed by atoms with Crippen molar-refractivity contribution in [2.24, 2.45) is 0 Å². The molecule has 17 heavy (non-hydrogen) atoms. The minimum absolute atomic E-state index is 0.00367. The van der Waals surface area contributed by atoms with Gasteiger partial charge in [-0.2, -0.15) is 0 Å². The molecule has 0 saturated heterocycles. The topological polar surface area (TPSA) is 64.3 Å². The molecule has 6 heteroatoms. The molecule has 92 valence electrons. The Morgan fingerprint density at radius 3 is 3.12 bits per heavy atom. The quantitative estimate of drug-likeness (QED) is 0.801. The highest BCUT2D eigenvalue weighted by atomic mass is 32.1. The van der Waals surface area contributed by atoms with Crippen LogP contribution in [-0.4, -0.2) is 34.5 Å². The van der Waals surface area contributed by atoms with Crippen molar-refractivity contribution in [2.75, 3.05) is 19.8 Å². The molecule has 2 heterocycles. The van der Waals surface area contributed by atoms with E-state index < -0.39 is 0 Å². The molecule has 0 spiro atoms. The van der Waals surface area contributed by atoms with Gasteiger partial charge >= 0.3 is 0 Å². The Balaban J connectivity index is 2.18. The zero-order valence-corrected chi connectivity index (χ0v) is 10.4. The highest BCUT2D eigenvalue weighted by Crippen LogP contribution is 2.19. The van der Waals surface area contributed by atoms with Gasteiger partial charge in [-0.3, -0.25) is 9.36 Å². The number of aliphatic hydroxyl groups excluding tert-OH is 1. The Labute approximate surface area is 102 Å². The van der Waals surface area contributed by atoms with Gasteiger partial charge in [0.2, 0.25) is 0 Å². The van der Waals surface area contributed by atoms with Gasteiger partial charge in [0.1, 0.15) is 4.70 Å². The highest BCUT2D eigenvalue weighted by molar-refractivity contribution is 7.17. The molecule has 0 radical (unpaired) electrons. The summed E-state index contributed by atoms with van der Waals surface area (Å²) in [4.78, 5) is 16.3. The number of hydrogen-bond acceptors (Lipinski definition) is 5. The highest BCUT2D eigenvalue weighted by Gasteiger charge is 2.07. The molecule has 0 aliphatic carbocycles.